The number of rotatable bonds is 8. The lowest BCUT2D eigenvalue weighted by atomic mass is 10.1. The van der Waals surface area contributed by atoms with Crippen molar-refractivity contribution in [3.05, 3.63) is 59.4 Å². The number of carbonyl (C=O) groups is 1. The van der Waals surface area contributed by atoms with Gasteiger partial charge in [-0.3, -0.25) is 4.79 Å². The maximum atomic E-state index is 13.5. The molecule has 2 fully saturated rings. The molecule has 2 aliphatic heterocycles. The molecule has 2 aromatic rings. The molecule has 1 N–H and O–H groups in total. The average molecular weight is 524 g/mol. The van der Waals surface area contributed by atoms with Gasteiger partial charge in [-0.25, -0.2) is 8.42 Å². The number of nitrogens with one attached hydrogen (secondary N) is 1. The van der Waals surface area contributed by atoms with E-state index in [0.29, 0.717) is 26.3 Å². The zero-order chi connectivity index (χ0) is 26.6. The lowest BCUT2D eigenvalue weighted by molar-refractivity contribution is -0.116. The molecule has 0 spiro atoms. The maximum absolute atomic E-state index is 13.5. The molecule has 9 nitrogen and oxygen atoms in total. The maximum Gasteiger partial charge on any atom is 0.262 e. The predicted octanol–water partition coefficient (Wildman–Crippen LogP) is 2.92. The van der Waals surface area contributed by atoms with Gasteiger partial charge in [0, 0.05) is 44.1 Å². The molecular formula is C27H33N5O4S. The van der Waals surface area contributed by atoms with Crippen LogP contribution in [0.5, 0.6) is 0 Å². The van der Waals surface area contributed by atoms with E-state index in [2.05, 4.69) is 16.8 Å². The van der Waals surface area contributed by atoms with Crippen molar-refractivity contribution < 1.29 is 17.9 Å². The number of morpholine rings is 1. The van der Waals surface area contributed by atoms with Crippen LogP contribution in [0.25, 0.3) is 11.8 Å². The molecule has 2 saturated heterocycles. The number of nitrogens with zero attached hydrogens (tertiary/aromatic N) is 4. The standard InChI is InChI=1S/C27H33N5O4S/c1-4-9-29-27(33)23(19-28)17-22-16-20(2)32(21(22)3)26-18-24(7-8-25(26)30-10-5-6-11-30)37(34,35)31-12-14-36-15-13-31/h4,7-8,16-18H,1,5-6,9-15H2,2-3H3,(H,29,33)/b23-17-. The van der Waals surface area contributed by atoms with Crippen molar-refractivity contribution in [2.24, 2.45) is 0 Å². The molecule has 37 heavy (non-hydrogen) atoms. The van der Waals surface area contributed by atoms with E-state index >= 15 is 0 Å². The monoisotopic (exact) mass is 523 g/mol. The van der Waals surface area contributed by atoms with Crippen molar-refractivity contribution in [2.75, 3.05) is 50.8 Å². The van der Waals surface area contributed by atoms with E-state index in [1.165, 1.54) is 4.31 Å². The molecular weight excluding hydrogens is 490 g/mol. The molecule has 0 saturated carbocycles. The molecule has 3 heterocycles. The summed E-state index contributed by atoms with van der Waals surface area (Å²) in [5.74, 6) is -0.469. The summed E-state index contributed by atoms with van der Waals surface area (Å²) in [5.41, 5.74) is 4.11. The minimum Gasteiger partial charge on any atom is -0.379 e. The summed E-state index contributed by atoms with van der Waals surface area (Å²) in [6.45, 7) is 10.9. The first-order chi connectivity index (χ1) is 17.8. The Kier molecular flexibility index (Phi) is 8.17. The fourth-order valence-corrected chi connectivity index (χ4v) is 6.30. The highest BCUT2D eigenvalue weighted by Crippen LogP contribution is 2.34. The molecule has 2 aliphatic rings. The van der Waals surface area contributed by atoms with Gasteiger partial charge in [-0.1, -0.05) is 6.08 Å². The number of ether oxygens (including phenoxy) is 1. The molecule has 4 rings (SSSR count). The fourth-order valence-electron chi connectivity index (χ4n) is 4.87. The molecule has 1 amide bonds. The van der Waals surface area contributed by atoms with Crippen molar-refractivity contribution in [1.82, 2.24) is 14.2 Å². The van der Waals surface area contributed by atoms with Crippen LogP contribution < -0.4 is 10.2 Å². The third kappa shape index (κ3) is 5.49. The van der Waals surface area contributed by atoms with E-state index in [4.69, 9.17) is 4.74 Å². The summed E-state index contributed by atoms with van der Waals surface area (Å²) in [6, 6.07) is 9.21. The highest BCUT2D eigenvalue weighted by atomic mass is 32.2. The molecule has 0 bridgehead atoms. The zero-order valence-corrected chi connectivity index (χ0v) is 22.2. The van der Waals surface area contributed by atoms with Crippen molar-refractivity contribution in [2.45, 2.75) is 31.6 Å². The van der Waals surface area contributed by atoms with Gasteiger partial charge in [0.25, 0.3) is 5.91 Å². The topological polar surface area (TPSA) is 108 Å². The van der Waals surface area contributed by atoms with Crippen molar-refractivity contribution in [1.29, 1.82) is 5.26 Å². The van der Waals surface area contributed by atoms with Gasteiger partial charge in [-0.2, -0.15) is 9.57 Å². The van der Waals surface area contributed by atoms with Gasteiger partial charge in [-0.15, -0.1) is 6.58 Å². The molecule has 0 radical (unpaired) electrons. The smallest absolute Gasteiger partial charge is 0.262 e. The summed E-state index contributed by atoms with van der Waals surface area (Å²) < 4.78 is 35.8. The summed E-state index contributed by atoms with van der Waals surface area (Å²) in [6.07, 6.45) is 5.28. The molecule has 0 unspecified atom stereocenters. The number of anilines is 1. The van der Waals surface area contributed by atoms with Crippen molar-refractivity contribution >= 4 is 27.7 Å². The number of carbonyl (C=O) groups excluding carboxylic acids is 1. The van der Waals surface area contributed by atoms with Crippen molar-refractivity contribution in [3.63, 3.8) is 0 Å². The fraction of sp³-hybridized carbons (Fsp3) is 0.407. The number of nitriles is 1. The minimum absolute atomic E-state index is 0.00878. The first-order valence-corrected chi connectivity index (χ1v) is 13.9. The number of amides is 1. The molecule has 1 aromatic heterocycles. The van der Waals surface area contributed by atoms with Gasteiger partial charge in [0.1, 0.15) is 11.6 Å². The summed E-state index contributed by atoms with van der Waals surface area (Å²) in [7, 11) is -3.69. The number of aryl methyl sites for hydroxylation is 1. The van der Waals surface area contributed by atoms with Gasteiger partial charge in [0.2, 0.25) is 10.0 Å². The quantitative estimate of drug-likeness (QED) is 0.324. The number of benzene rings is 1. The number of hydrogen-bond acceptors (Lipinski definition) is 6. The Morgan fingerprint density at radius 2 is 1.84 bits per heavy atom. The Morgan fingerprint density at radius 3 is 2.49 bits per heavy atom. The summed E-state index contributed by atoms with van der Waals surface area (Å²) >= 11 is 0. The van der Waals surface area contributed by atoms with E-state index < -0.39 is 15.9 Å². The minimum atomic E-state index is -3.69. The Morgan fingerprint density at radius 1 is 1.14 bits per heavy atom. The molecule has 0 atom stereocenters. The van der Waals surface area contributed by atoms with Crippen LogP contribution in [0.2, 0.25) is 0 Å². The summed E-state index contributed by atoms with van der Waals surface area (Å²) in [4.78, 5) is 14.9. The molecule has 196 valence electrons. The van der Waals surface area contributed by atoms with Crippen LogP contribution in [0.4, 0.5) is 5.69 Å². The average Bonchev–Trinajstić information content (AvgIpc) is 3.53. The largest absolute Gasteiger partial charge is 0.379 e. The zero-order valence-electron chi connectivity index (χ0n) is 21.4. The number of aromatic nitrogens is 1. The lowest BCUT2D eigenvalue weighted by Gasteiger charge is -2.28. The Labute approximate surface area is 218 Å². The molecule has 10 heteroatoms. The SMILES string of the molecule is C=CCNC(=O)/C(C#N)=C\c1cc(C)n(-c2cc(S(=O)(=O)N3CCOCC3)ccc2N2CCCC2)c1C. The predicted molar refractivity (Wildman–Crippen MR) is 143 cm³/mol. The molecule has 0 aliphatic carbocycles. The second kappa shape index (κ2) is 11.3. The van der Waals surface area contributed by atoms with E-state index in [0.717, 1.165) is 54.3 Å². The van der Waals surface area contributed by atoms with Gasteiger partial charge in [0.05, 0.1) is 29.5 Å². The third-order valence-corrected chi connectivity index (χ3v) is 8.68. The van der Waals surface area contributed by atoms with Crippen LogP contribution in [0.3, 0.4) is 0 Å². The van der Waals surface area contributed by atoms with E-state index in [-0.39, 0.29) is 17.0 Å². The van der Waals surface area contributed by atoms with Gasteiger partial charge >= 0.3 is 0 Å². The number of sulfonamides is 1. The van der Waals surface area contributed by atoms with E-state index in [1.54, 1.807) is 24.3 Å². The van der Waals surface area contributed by atoms with Gasteiger partial charge < -0.3 is 19.5 Å². The van der Waals surface area contributed by atoms with Crippen LogP contribution in [-0.4, -0.2) is 69.1 Å². The van der Waals surface area contributed by atoms with Crippen LogP contribution in [-0.2, 0) is 19.6 Å². The molecule has 1 aromatic carbocycles. The first kappa shape index (κ1) is 26.7. The Hall–Kier alpha value is -3.39. The number of hydrogen-bond donors (Lipinski definition) is 1. The van der Waals surface area contributed by atoms with Gasteiger partial charge in [-0.05, 0) is 62.6 Å². The lowest BCUT2D eigenvalue weighted by Crippen LogP contribution is -2.40. The Bertz CT molecular complexity index is 1360. The van der Waals surface area contributed by atoms with E-state index in [9.17, 15) is 18.5 Å². The van der Waals surface area contributed by atoms with Gasteiger partial charge in [0.15, 0.2) is 0 Å². The normalized spacial score (nSPS) is 17.0. The second-order valence-electron chi connectivity index (χ2n) is 9.19. The van der Waals surface area contributed by atoms with Crippen molar-refractivity contribution in [3.8, 4) is 11.8 Å². The van der Waals surface area contributed by atoms with Crippen LogP contribution in [0.15, 0.2) is 47.4 Å². The van der Waals surface area contributed by atoms with E-state index in [1.807, 2.05) is 36.6 Å². The highest BCUT2D eigenvalue weighted by molar-refractivity contribution is 7.89. The van der Waals surface area contributed by atoms with Crippen LogP contribution in [0.1, 0.15) is 29.8 Å². The second-order valence-corrected chi connectivity index (χ2v) is 11.1. The highest BCUT2D eigenvalue weighted by Gasteiger charge is 2.29. The summed E-state index contributed by atoms with van der Waals surface area (Å²) in [5, 5.41) is 12.2. The first-order valence-electron chi connectivity index (χ1n) is 12.4. The Balaban J connectivity index is 1.82. The van der Waals surface area contributed by atoms with Crippen LogP contribution >= 0.6 is 0 Å². The third-order valence-electron chi connectivity index (χ3n) is 6.78. The van der Waals surface area contributed by atoms with Crippen LogP contribution in [0, 0.1) is 25.2 Å².